The van der Waals surface area contributed by atoms with Gasteiger partial charge in [0.25, 0.3) is 0 Å². The molecule has 0 bridgehead atoms. The van der Waals surface area contributed by atoms with Gasteiger partial charge >= 0.3 is 6.09 Å². The van der Waals surface area contributed by atoms with E-state index in [2.05, 4.69) is 10.1 Å². The van der Waals surface area contributed by atoms with E-state index in [9.17, 15) is 9.59 Å². The molecule has 2 amide bonds. The number of carbonyl (C=O) groups is 2. The molecule has 0 aliphatic heterocycles. The summed E-state index contributed by atoms with van der Waals surface area (Å²) in [6, 6.07) is 7.05. The van der Waals surface area contributed by atoms with Gasteiger partial charge in [0.15, 0.2) is 0 Å². The SMILES string of the molecule is NC(=O)OCCNC(=O)CCOc1ccccc1N. The van der Waals surface area contributed by atoms with Gasteiger partial charge in [-0.25, -0.2) is 4.79 Å². The first-order valence-electron chi connectivity index (χ1n) is 5.76. The fourth-order valence-corrected chi connectivity index (χ4v) is 1.30. The highest BCUT2D eigenvalue weighted by Crippen LogP contribution is 2.19. The van der Waals surface area contributed by atoms with E-state index in [1.54, 1.807) is 24.3 Å². The summed E-state index contributed by atoms with van der Waals surface area (Å²) >= 11 is 0. The maximum atomic E-state index is 11.4. The van der Waals surface area contributed by atoms with Crippen LogP contribution < -0.4 is 21.5 Å². The number of amides is 2. The molecule has 0 aliphatic rings. The van der Waals surface area contributed by atoms with Crippen molar-refractivity contribution in [2.45, 2.75) is 6.42 Å². The first kappa shape index (κ1) is 14.6. The van der Waals surface area contributed by atoms with Crippen molar-refractivity contribution in [3.05, 3.63) is 24.3 Å². The summed E-state index contributed by atoms with van der Waals surface area (Å²) in [5, 5.41) is 2.56. The monoisotopic (exact) mass is 267 g/mol. The molecule has 7 heteroatoms. The van der Waals surface area contributed by atoms with Crippen LogP contribution in [0.15, 0.2) is 24.3 Å². The number of nitrogen functional groups attached to an aromatic ring is 1. The van der Waals surface area contributed by atoms with Crippen molar-refractivity contribution in [1.82, 2.24) is 5.32 Å². The molecule has 5 N–H and O–H groups in total. The Bertz CT molecular complexity index is 437. The summed E-state index contributed by atoms with van der Waals surface area (Å²) in [6.45, 7) is 0.486. The second-order valence-electron chi connectivity index (χ2n) is 3.65. The summed E-state index contributed by atoms with van der Waals surface area (Å²) < 4.78 is 9.82. The number of anilines is 1. The zero-order valence-corrected chi connectivity index (χ0v) is 10.4. The third-order valence-electron chi connectivity index (χ3n) is 2.17. The molecule has 1 aromatic rings. The van der Waals surface area contributed by atoms with Gasteiger partial charge in [-0.15, -0.1) is 0 Å². The Hall–Kier alpha value is -2.44. The largest absolute Gasteiger partial charge is 0.491 e. The molecule has 1 rings (SSSR count). The van der Waals surface area contributed by atoms with Gasteiger partial charge in [-0.1, -0.05) is 12.1 Å². The fraction of sp³-hybridized carbons (Fsp3) is 0.333. The van der Waals surface area contributed by atoms with E-state index in [-0.39, 0.29) is 32.1 Å². The minimum Gasteiger partial charge on any atom is -0.491 e. The van der Waals surface area contributed by atoms with Crippen LogP contribution in [0.1, 0.15) is 6.42 Å². The van der Waals surface area contributed by atoms with Gasteiger partial charge in [0.05, 0.1) is 25.3 Å². The van der Waals surface area contributed by atoms with Crippen molar-refractivity contribution in [2.24, 2.45) is 5.73 Å². The van der Waals surface area contributed by atoms with Crippen LogP contribution in [-0.2, 0) is 9.53 Å². The number of ether oxygens (including phenoxy) is 2. The molecule has 0 unspecified atom stereocenters. The zero-order valence-electron chi connectivity index (χ0n) is 10.4. The molecule has 104 valence electrons. The molecule has 0 spiro atoms. The van der Waals surface area contributed by atoms with Crippen molar-refractivity contribution < 1.29 is 19.1 Å². The van der Waals surface area contributed by atoms with Gasteiger partial charge < -0.3 is 26.3 Å². The quantitative estimate of drug-likeness (QED) is 0.483. The minimum absolute atomic E-state index is 0.0492. The summed E-state index contributed by atoms with van der Waals surface area (Å²) in [7, 11) is 0. The van der Waals surface area contributed by atoms with Gasteiger partial charge in [0.2, 0.25) is 5.91 Å². The molecular formula is C12H17N3O4. The molecule has 19 heavy (non-hydrogen) atoms. The van der Waals surface area contributed by atoms with Crippen LogP contribution >= 0.6 is 0 Å². The Kier molecular flexibility index (Phi) is 6.00. The number of nitrogens with one attached hydrogen (secondary N) is 1. The summed E-state index contributed by atoms with van der Waals surface area (Å²) in [6.07, 6.45) is -0.678. The van der Waals surface area contributed by atoms with E-state index in [0.717, 1.165) is 0 Å². The molecule has 0 saturated heterocycles. The topological polar surface area (TPSA) is 117 Å². The molecule has 0 heterocycles. The lowest BCUT2D eigenvalue weighted by Gasteiger charge is -2.08. The maximum absolute atomic E-state index is 11.4. The fourth-order valence-electron chi connectivity index (χ4n) is 1.30. The van der Waals surface area contributed by atoms with Crippen LogP contribution in [0.25, 0.3) is 0 Å². The molecule has 0 aromatic heterocycles. The van der Waals surface area contributed by atoms with Gasteiger partial charge in [-0.3, -0.25) is 4.79 Å². The van der Waals surface area contributed by atoms with Gasteiger partial charge in [0, 0.05) is 0 Å². The number of hydrogen-bond donors (Lipinski definition) is 3. The van der Waals surface area contributed by atoms with E-state index in [1.807, 2.05) is 0 Å². The van der Waals surface area contributed by atoms with Crippen molar-refractivity contribution in [2.75, 3.05) is 25.5 Å². The summed E-state index contributed by atoms with van der Waals surface area (Å²) in [5.41, 5.74) is 11.0. The number of benzene rings is 1. The van der Waals surface area contributed by atoms with Gasteiger partial charge in [0.1, 0.15) is 12.4 Å². The average Bonchev–Trinajstić information content (AvgIpc) is 2.37. The number of nitrogens with two attached hydrogens (primary N) is 2. The number of carbonyl (C=O) groups excluding carboxylic acids is 2. The highest BCUT2D eigenvalue weighted by atomic mass is 16.5. The van der Waals surface area contributed by atoms with Crippen LogP contribution in [0.3, 0.4) is 0 Å². The maximum Gasteiger partial charge on any atom is 0.404 e. The molecule has 0 fully saturated rings. The van der Waals surface area contributed by atoms with E-state index >= 15 is 0 Å². The number of primary amides is 1. The second-order valence-corrected chi connectivity index (χ2v) is 3.65. The normalized spacial score (nSPS) is 9.68. The third kappa shape index (κ3) is 6.16. The van der Waals surface area contributed by atoms with E-state index in [4.69, 9.17) is 16.2 Å². The predicted octanol–water partition coefficient (Wildman–Crippen LogP) is 0.249. The molecule has 0 saturated carbocycles. The number of para-hydroxylation sites is 2. The van der Waals surface area contributed by atoms with Crippen LogP contribution in [0.5, 0.6) is 5.75 Å². The Balaban J connectivity index is 2.14. The number of rotatable bonds is 7. The predicted molar refractivity (Wildman–Crippen MR) is 69.5 cm³/mol. The van der Waals surface area contributed by atoms with Gasteiger partial charge in [-0.05, 0) is 12.1 Å². The number of hydrogen-bond acceptors (Lipinski definition) is 5. The first-order valence-corrected chi connectivity index (χ1v) is 5.76. The van der Waals surface area contributed by atoms with E-state index in [1.165, 1.54) is 0 Å². The standard InChI is InChI=1S/C12H17N3O4/c13-9-3-1-2-4-10(9)18-7-5-11(16)15-6-8-19-12(14)17/h1-4H,5-8,13H2,(H2,14,17)(H,15,16). The molecule has 7 nitrogen and oxygen atoms in total. The first-order chi connectivity index (χ1) is 9.09. The van der Waals surface area contributed by atoms with E-state index in [0.29, 0.717) is 11.4 Å². The Morgan fingerprint density at radius 3 is 2.63 bits per heavy atom. The van der Waals surface area contributed by atoms with Crippen LogP contribution in [-0.4, -0.2) is 31.8 Å². The highest BCUT2D eigenvalue weighted by molar-refractivity contribution is 5.76. The smallest absolute Gasteiger partial charge is 0.404 e. The Labute approximate surface area is 110 Å². The van der Waals surface area contributed by atoms with Crippen molar-refractivity contribution in [3.8, 4) is 5.75 Å². The molecule has 1 aromatic carbocycles. The lowest BCUT2D eigenvalue weighted by Crippen LogP contribution is -2.29. The lowest BCUT2D eigenvalue weighted by atomic mass is 10.3. The summed E-state index contributed by atoms with van der Waals surface area (Å²) in [5.74, 6) is 0.343. The summed E-state index contributed by atoms with van der Waals surface area (Å²) in [4.78, 5) is 21.6. The average molecular weight is 267 g/mol. The van der Waals surface area contributed by atoms with Crippen LogP contribution in [0, 0.1) is 0 Å². The molecule has 0 radical (unpaired) electrons. The van der Waals surface area contributed by atoms with Gasteiger partial charge in [-0.2, -0.15) is 0 Å². The molecule has 0 aliphatic carbocycles. The molecular weight excluding hydrogens is 250 g/mol. The zero-order chi connectivity index (χ0) is 14.1. The van der Waals surface area contributed by atoms with Crippen LogP contribution in [0.4, 0.5) is 10.5 Å². The van der Waals surface area contributed by atoms with Crippen molar-refractivity contribution >= 4 is 17.7 Å². The highest BCUT2D eigenvalue weighted by Gasteiger charge is 2.03. The second kappa shape index (κ2) is 7.80. The molecule has 0 atom stereocenters. The van der Waals surface area contributed by atoms with E-state index < -0.39 is 6.09 Å². The third-order valence-corrected chi connectivity index (χ3v) is 2.17. The minimum atomic E-state index is -0.864. The van der Waals surface area contributed by atoms with Crippen LogP contribution in [0.2, 0.25) is 0 Å². The Morgan fingerprint density at radius 1 is 1.21 bits per heavy atom. The van der Waals surface area contributed by atoms with Crippen molar-refractivity contribution in [3.63, 3.8) is 0 Å². The lowest BCUT2D eigenvalue weighted by molar-refractivity contribution is -0.121. The van der Waals surface area contributed by atoms with Crippen molar-refractivity contribution in [1.29, 1.82) is 0 Å². The Morgan fingerprint density at radius 2 is 1.95 bits per heavy atom.